The second-order valence-electron chi connectivity index (χ2n) is 4.10. The Balaban J connectivity index is 2.55. The van der Waals surface area contributed by atoms with E-state index < -0.39 is 0 Å². The lowest BCUT2D eigenvalue weighted by Crippen LogP contribution is -1.95. The Morgan fingerprint density at radius 3 is 2.80 bits per heavy atom. The van der Waals surface area contributed by atoms with E-state index in [2.05, 4.69) is 48.1 Å². The molecule has 1 aliphatic rings. The molecule has 0 saturated heterocycles. The maximum Gasteiger partial charge on any atom is 0.0283 e. The van der Waals surface area contributed by atoms with Crippen molar-refractivity contribution in [3.63, 3.8) is 0 Å². The monoisotopic (exact) mass is 262 g/mol. The number of allylic oxidation sites excluding steroid dienone is 2. The summed E-state index contributed by atoms with van der Waals surface area (Å²) >= 11 is 3.46. The van der Waals surface area contributed by atoms with E-state index >= 15 is 0 Å². The molecule has 0 aliphatic heterocycles. The van der Waals surface area contributed by atoms with Gasteiger partial charge in [0.25, 0.3) is 0 Å². The van der Waals surface area contributed by atoms with Crippen LogP contribution in [0.3, 0.4) is 0 Å². The molecule has 0 nitrogen and oxygen atoms in total. The van der Waals surface area contributed by atoms with E-state index in [1.54, 1.807) is 0 Å². The average Bonchev–Trinajstić information content (AvgIpc) is 2.61. The summed E-state index contributed by atoms with van der Waals surface area (Å²) in [6.45, 7) is 10.4. The molecule has 0 radical (unpaired) electrons. The minimum atomic E-state index is 0.841. The number of rotatable bonds is 2. The zero-order valence-electron chi connectivity index (χ0n) is 9.07. The summed E-state index contributed by atoms with van der Waals surface area (Å²) in [4.78, 5) is 0. The van der Waals surface area contributed by atoms with Crippen LogP contribution in [-0.4, -0.2) is 5.33 Å². The van der Waals surface area contributed by atoms with Gasteiger partial charge in [-0.25, -0.2) is 0 Å². The summed E-state index contributed by atoms with van der Waals surface area (Å²) in [6.07, 6.45) is 2.25. The van der Waals surface area contributed by atoms with Crippen molar-refractivity contribution in [2.45, 2.75) is 19.8 Å². The first-order valence-corrected chi connectivity index (χ1v) is 6.32. The van der Waals surface area contributed by atoms with Crippen molar-refractivity contribution in [3.05, 3.63) is 47.5 Å². The molecular weight excluding hydrogens is 248 g/mol. The molecule has 0 aromatic heterocycles. The minimum Gasteiger partial charge on any atom is -0.0952 e. The third-order valence-corrected chi connectivity index (χ3v) is 3.88. The summed E-state index contributed by atoms with van der Waals surface area (Å²) in [5.74, 6) is 0. The fourth-order valence-corrected chi connectivity index (χ4v) is 2.58. The maximum absolute atomic E-state index is 4.10. The van der Waals surface area contributed by atoms with Crippen molar-refractivity contribution in [2.75, 3.05) is 5.33 Å². The molecule has 1 aromatic carbocycles. The Kier molecular flexibility index (Phi) is 2.83. The van der Waals surface area contributed by atoms with Gasteiger partial charge >= 0.3 is 0 Å². The molecule has 1 aromatic rings. The van der Waals surface area contributed by atoms with Gasteiger partial charge in [-0.1, -0.05) is 41.2 Å². The van der Waals surface area contributed by atoms with Gasteiger partial charge in [-0.2, -0.15) is 0 Å². The van der Waals surface area contributed by atoms with Crippen molar-refractivity contribution >= 4 is 27.1 Å². The smallest absolute Gasteiger partial charge is 0.0283 e. The maximum atomic E-state index is 4.10. The van der Waals surface area contributed by atoms with Crippen LogP contribution in [0.5, 0.6) is 0 Å². The molecule has 0 amide bonds. The van der Waals surface area contributed by atoms with Crippen LogP contribution < -0.4 is 0 Å². The Morgan fingerprint density at radius 1 is 1.40 bits per heavy atom. The predicted molar refractivity (Wildman–Crippen MR) is 71.4 cm³/mol. The quantitative estimate of drug-likeness (QED) is 0.695. The molecule has 15 heavy (non-hydrogen) atoms. The van der Waals surface area contributed by atoms with E-state index in [0.29, 0.717) is 0 Å². The van der Waals surface area contributed by atoms with Gasteiger partial charge in [0.1, 0.15) is 0 Å². The first kappa shape index (κ1) is 10.7. The molecule has 78 valence electrons. The topological polar surface area (TPSA) is 0 Å². The number of hydrogen-bond donors (Lipinski definition) is 0. The van der Waals surface area contributed by atoms with Gasteiger partial charge in [0.05, 0.1) is 0 Å². The van der Waals surface area contributed by atoms with Crippen LogP contribution in [0.2, 0.25) is 0 Å². The molecule has 0 bridgehead atoms. The van der Waals surface area contributed by atoms with Crippen LogP contribution in [0, 0.1) is 6.92 Å². The predicted octanol–water partition coefficient (Wildman–Crippen LogP) is 4.36. The van der Waals surface area contributed by atoms with E-state index in [1.165, 1.54) is 27.8 Å². The van der Waals surface area contributed by atoms with Gasteiger partial charge in [-0.15, -0.1) is 0 Å². The lowest BCUT2D eigenvalue weighted by Gasteiger charge is -2.11. The highest BCUT2D eigenvalue weighted by Crippen LogP contribution is 2.35. The number of alkyl halides is 1. The van der Waals surface area contributed by atoms with E-state index in [4.69, 9.17) is 0 Å². The molecule has 1 heteroatoms. The Hall–Kier alpha value is -0.820. The van der Waals surface area contributed by atoms with Crippen LogP contribution in [-0.2, 0) is 6.42 Å². The van der Waals surface area contributed by atoms with Crippen LogP contribution in [0.4, 0.5) is 0 Å². The fourth-order valence-electron chi connectivity index (χ4n) is 2.28. The molecule has 2 rings (SSSR count). The SMILES string of the molecule is C=C(CBr)c1ccc2c(c1C)CCC2=C. The zero-order chi connectivity index (χ0) is 11.0. The third kappa shape index (κ3) is 1.69. The molecule has 0 heterocycles. The fraction of sp³-hybridized carbons (Fsp3) is 0.286. The largest absolute Gasteiger partial charge is 0.0952 e. The molecule has 0 spiro atoms. The number of halogens is 1. The standard InChI is InChI=1S/C14H15Br/c1-9-4-5-14-11(3)12(10(2)8-15)6-7-13(9)14/h6-7H,1-2,4-5,8H2,3H3. The highest BCUT2D eigenvalue weighted by Gasteiger charge is 2.18. The summed E-state index contributed by atoms with van der Waals surface area (Å²) in [7, 11) is 0. The van der Waals surface area contributed by atoms with E-state index in [0.717, 1.165) is 23.7 Å². The van der Waals surface area contributed by atoms with E-state index in [1.807, 2.05) is 0 Å². The van der Waals surface area contributed by atoms with Crippen molar-refractivity contribution in [3.8, 4) is 0 Å². The van der Waals surface area contributed by atoms with Crippen LogP contribution in [0.25, 0.3) is 11.1 Å². The Morgan fingerprint density at radius 2 is 2.13 bits per heavy atom. The van der Waals surface area contributed by atoms with Crippen molar-refractivity contribution in [2.24, 2.45) is 0 Å². The van der Waals surface area contributed by atoms with Gasteiger partial charge < -0.3 is 0 Å². The average molecular weight is 263 g/mol. The highest BCUT2D eigenvalue weighted by atomic mass is 79.9. The second-order valence-corrected chi connectivity index (χ2v) is 4.67. The van der Waals surface area contributed by atoms with Crippen molar-refractivity contribution in [1.82, 2.24) is 0 Å². The molecule has 0 fully saturated rings. The van der Waals surface area contributed by atoms with Gasteiger partial charge in [0.15, 0.2) is 0 Å². The molecule has 0 atom stereocenters. The summed E-state index contributed by atoms with van der Waals surface area (Å²) < 4.78 is 0. The zero-order valence-corrected chi connectivity index (χ0v) is 10.7. The summed E-state index contributed by atoms with van der Waals surface area (Å²) in [5.41, 5.74) is 7.95. The minimum absolute atomic E-state index is 0.841. The normalized spacial score (nSPS) is 14.1. The molecule has 0 N–H and O–H groups in total. The molecule has 1 aliphatic carbocycles. The van der Waals surface area contributed by atoms with Crippen LogP contribution in [0.15, 0.2) is 25.3 Å². The molecule has 0 saturated carbocycles. The Bertz CT molecular complexity index is 441. The summed E-state index contributed by atoms with van der Waals surface area (Å²) in [5, 5.41) is 0.841. The van der Waals surface area contributed by atoms with Crippen molar-refractivity contribution in [1.29, 1.82) is 0 Å². The van der Waals surface area contributed by atoms with E-state index in [-0.39, 0.29) is 0 Å². The third-order valence-electron chi connectivity index (χ3n) is 3.20. The van der Waals surface area contributed by atoms with Gasteiger partial charge in [-0.05, 0) is 53.2 Å². The summed E-state index contributed by atoms with van der Waals surface area (Å²) in [6, 6.07) is 4.37. The Labute approximate surface area is 99.8 Å². The lowest BCUT2D eigenvalue weighted by molar-refractivity contribution is 1.06. The van der Waals surface area contributed by atoms with Crippen molar-refractivity contribution < 1.29 is 0 Å². The van der Waals surface area contributed by atoms with Gasteiger partial charge in [0, 0.05) is 5.33 Å². The number of fused-ring (bicyclic) bond motifs is 1. The van der Waals surface area contributed by atoms with E-state index in [9.17, 15) is 0 Å². The van der Waals surface area contributed by atoms with Crippen LogP contribution in [0.1, 0.15) is 28.7 Å². The molecular formula is C14H15Br. The first-order chi connectivity index (χ1) is 7.15. The molecule has 0 unspecified atom stereocenters. The van der Waals surface area contributed by atoms with Crippen LogP contribution >= 0.6 is 15.9 Å². The number of benzene rings is 1. The number of hydrogen-bond acceptors (Lipinski definition) is 0. The van der Waals surface area contributed by atoms with Gasteiger partial charge in [0.2, 0.25) is 0 Å². The van der Waals surface area contributed by atoms with Gasteiger partial charge in [-0.3, -0.25) is 0 Å². The second kappa shape index (κ2) is 3.97. The first-order valence-electron chi connectivity index (χ1n) is 5.20. The lowest BCUT2D eigenvalue weighted by atomic mass is 9.95. The highest BCUT2D eigenvalue weighted by molar-refractivity contribution is 9.09.